The van der Waals surface area contributed by atoms with E-state index < -0.39 is 0 Å². The number of thiazole rings is 1. The maximum absolute atomic E-state index is 5.80. The van der Waals surface area contributed by atoms with E-state index in [2.05, 4.69) is 17.6 Å². The summed E-state index contributed by atoms with van der Waals surface area (Å²) in [5.41, 5.74) is 2.06. The average Bonchev–Trinajstić information content (AvgIpc) is 2.48. The third kappa shape index (κ3) is 1.95. The zero-order valence-corrected chi connectivity index (χ0v) is 9.96. The van der Waals surface area contributed by atoms with Gasteiger partial charge in [0.25, 0.3) is 0 Å². The lowest BCUT2D eigenvalue weighted by molar-refractivity contribution is 1.21. The van der Waals surface area contributed by atoms with Crippen LogP contribution in [0.2, 0.25) is 5.02 Å². The van der Waals surface area contributed by atoms with Crippen molar-refractivity contribution in [3.8, 4) is 10.6 Å². The van der Waals surface area contributed by atoms with Crippen LogP contribution in [0.25, 0.3) is 10.6 Å². The van der Waals surface area contributed by atoms with E-state index in [1.165, 1.54) is 0 Å². The topological polar surface area (TPSA) is 12.9 Å². The van der Waals surface area contributed by atoms with E-state index in [1.54, 1.807) is 11.3 Å². The highest BCUT2D eigenvalue weighted by molar-refractivity contribution is 7.83. The van der Waals surface area contributed by atoms with Gasteiger partial charge in [-0.3, -0.25) is 0 Å². The van der Waals surface area contributed by atoms with Gasteiger partial charge >= 0.3 is 0 Å². The fraction of sp³-hybridized carbons (Fsp3) is 0.100. The summed E-state index contributed by atoms with van der Waals surface area (Å²) in [7, 11) is 0. The number of thiol groups is 1. The molecule has 14 heavy (non-hydrogen) atoms. The van der Waals surface area contributed by atoms with Crippen LogP contribution >= 0.6 is 35.6 Å². The van der Waals surface area contributed by atoms with Crippen LogP contribution in [-0.2, 0) is 0 Å². The van der Waals surface area contributed by atoms with Gasteiger partial charge in [-0.25, -0.2) is 4.98 Å². The highest BCUT2D eigenvalue weighted by Gasteiger charge is 2.05. The average molecular weight is 242 g/mol. The van der Waals surface area contributed by atoms with E-state index in [1.807, 2.05) is 31.2 Å². The zero-order valence-electron chi connectivity index (χ0n) is 7.49. The number of rotatable bonds is 1. The summed E-state index contributed by atoms with van der Waals surface area (Å²) < 4.78 is 0.968. The molecule has 0 fully saturated rings. The Morgan fingerprint density at radius 1 is 1.29 bits per heavy atom. The molecule has 0 saturated heterocycles. The fourth-order valence-corrected chi connectivity index (χ4v) is 2.35. The molecule has 72 valence electrons. The van der Waals surface area contributed by atoms with E-state index in [0.29, 0.717) is 0 Å². The van der Waals surface area contributed by atoms with Crippen LogP contribution in [0.4, 0.5) is 0 Å². The van der Waals surface area contributed by atoms with Gasteiger partial charge in [0.15, 0.2) is 0 Å². The third-order valence-corrected chi connectivity index (χ3v) is 3.72. The van der Waals surface area contributed by atoms with Crippen molar-refractivity contribution in [2.75, 3.05) is 0 Å². The minimum absolute atomic E-state index is 0.744. The largest absolute Gasteiger partial charge is 0.240 e. The second-order valence-electron chi connectivity index (χ2n) is 2.92. The number of hydrogen-bond acceptors (Lipinski definition) is 3. The quantitative estimate of drug-likeness (QED) is 0.743. The van der Waals surface area contributed by atoms with E-state index in [-0.39, 0.29) is 0 Å². The highest BCUT2D eigenvalue weighted by Crippen LogP contribution is 2.30. The maximum Gasteiger partial charge on any atom is 0.124 e. The molecule has 2 aromatic rings. The van der Waals surface area contributed by atoms with Crippen LogP contribution in [0, 0.1) is 6.92 Å². The van der Waals surface area contributed by atoms with Crippen molar-refractivity contribution in [2.45, 2.75) is 11.1 Å². The molecule has 0 aliphatic carbocycles. The Labute approximate surface area is 97.2 Å². The molecule has 0 saturated carbocycles. The van der Waals surface area contributed by atoms with Crippen LogP contribution in [0.3, 0.4) is 0 Å². The number of aryl methyl sites for hydroxylation is 1. The lowest BCUT2D eigenvalue weighted by Crippen LogP contribution is -1.76. The molecular weight excluding hydrogens is 234 g/mol. The van der Waals surface area contributed by atoms with Gasteiger partial charge < -0.3 is 0 Å². The molecule has 0 aliphatic heterocycles. The molecule has 2 rings (SSSR count). The van der Waals surface area contributed by atoms with Crippen molar-refractivity contribution in [1.29, 1.82) is 0 Å². The van der Waals surface area contributed by atoms with E-state index in [4.69, 9.17) is 11.6 Å². The second kappa shape index (κ2) is 3.93. The molecule has 4 heteroatoms. The highest BCUT2D eigenvalue weighted by atomic mass is 35.5. The van der Waals surface area contributed by atoms with Gasteiger partial charge in [0.2, 0.25) is 0 Å². The van der Waals surface area contributed by atoms with Crippen molar-refractivity contribution >= 4 is 35.6 Å². The smallest absolute Gasteiger partial charge is 0.124 e. The van der Waals surface area contributed by atoms with Crippen LogP contribution in [0.15, 0.2) is 28.5 Å². The molecule has 0 N–H and O–H groups in total. The Kier molecular flexibility index (Phi) is 2.81. The Hall–Kier alpha value is -0.510. The molecule has 1 aromatic heterocycles. The molecule has 0 spiro atoms. The van der Waals surface area contributed by atoms with Crippen LogP contribution in [0.5, 0.6) is 0 Å². The fourth-order valence-electron chi connectivity index (χ4n) is 1.10. The molecule has 0 bridgehead atoms. The van der Waals surface area contributed by atoms with E-state index in [0.717, 1.165) is 25.5 Å². The molecule has 1 nitrogen and oxygen atoms in total. The van der Waals surface area contributed by atoms with Crippen molar-refractivity contribution in [2.24, 2.45) is 0 Å². The normalized spacial score (nSPS) is 10.5. The van der Waals surface area contributed by atoms with Gasteiger partial charge in [-0.1, -0.05) is 23.7 Å². The number of aromatic nitrogens is 1. The Bertz CT molecular complexity index is 428. The summed E-state index contributed by atoms with van der Waals surface area (Å²) in [5, 5.41) is 1.73. The van der Waals surface area contributed by atoms with E-state index in [9.17, 15) is 0 Å². The first-order valence-corrected chi connectivity index (χ1v) is 5.73. The predicted molar refractivity (Wildman–Crippen MR) is 64.5 cm³/mol. The predicted octanol–water partition coefficient (Wildman–Crippen LogP) is 4.06. The first kappa shape index (κ1) is 10.0. The van der Waals surface area contributed by atoms with Gasteiger partial charge in [0.1, 0.15) is 5.01 Å². The van der Waals surface area contributed by atoms with Gasteiger partial charge in [0, 0.05) is 10.6 Å². The summed E-state index contributed by atoms with van der Waals surface area (Å²) in [6.07, 6.45) is 0. The maximum atomic E-state index is 5.80. The number of benzene rings is 1. The third-order valence-electron chi connectivity index (χ3n) is 1.86. The molecule has 0 unspecified atom stereocenters. The summed E-state index contributed by atoms with van der Waals surface area (Å²) >= 11 is 11.7. The first-order chi connectivity index (χ1) is 6.66. The summed E-state index contributed by atoms with van der Waals surface area (Å²) in [6.45, 7) is 1.96. The Morgan fingerprint density at radius 2 is 1.93 bits per heavy atom. The van der Waals surface area contributed by atoms with Crippen LogP contribution in [0.1, 0.15) is 5.69 Å². The minimum Gasteiger partial charge on any atom is -0.240 e. The van der Waals surface area contributed by atoms with Gasteiger partial charge in [0.05, 0.1) is 9.90 Å². The van der Waals surface area contributed by atoms with Crippen molar-refractivity contribution in [3.63, 3.8) is 0 Å². The van der Waals surface area contributed by atoms with Gasteiger partial charge in [-0.2, -0.15) is 0 Å². The van der Waals surface area contributed by atoms with Crippen molar-refractivity contribution < 1.29 is 0 Å². The Balaban J connectivity index is 2.44. The molecular formula is C10H8ClNS2. The van der Waals surface area contributed by atoms with Gasteiger partial charge in [-0.15, -0.1) is 24.0 Å². The molecule has 0 amide bonds. The van der Waals surface area contributed by atoms with Crippen LogP contribution in [-0.4, -0.2) is 4.98 Å². The number of nitrogens with zero attached hydrogens (tertiary/aromatic N) is 1. The van der Waals surface area contributed by atoms with Crippen LogP contribution < -0.4 is 0 Å². The standard InChI is InChI=1S/C10H8ClNS2/c1-6-10(13)14-9(12-6)7-2-4-8(11)5-3-7/h2-5,13H,1H3. The number of hydrogen-bond donors (Lipinski definition) is 1. The molecule has 0 radical (unpaired) electrons. The van der Waals surface area contributed by atoms with Gasteiger partial charge in [-0.05, 0) is 19.1 Å². The summed E-state index contributed by atoms with van der Waals surface area (Å²) in [6, 6.07) is 7.67. The Morgan fingerprint density at radius 3 is 2.43 bits per heavy atom. The van der Waals surface area contributed by atoms with Crippen molar-refractivity contribution in [1.82, 2.24) is 4.98 Å². The molecule has 1 heterocycles. The zero-order chi connectivity index (χ0) is 10.1. The molecule has 1 aromatic carbocycles. The second-order valence-corrected chi connectivity index (χ2v) is 5.10. The van der Waals surface area contributed by atoms with E-state index >= 15 is 0 Å². The lowest BCUT2D eigenvalue weighted by Gasteiger charge is -1.94. The molecule has 0 atom stereocenters. The summed E-state index contributed by atoms with van der Waals surface area (Å²) in [5.74, 6) is 0. The minimum atomic E-state index is 0.744. The SMILES string of the molecule is Cc1nc(-c2ccc(Cl)cc2)sc1S. The lowest BCUT2D eigenvalue weighted by atomic mass is 10.2. The number of halogens is 1. The summed E-state index contributed by atoms with van der Waals surface area (Å²) in [4.78, 5) is 4.41. The molecule has 0 aliphatic rings. The monoisotopic (exact) mass is 241 g/mol. The first-order valence-electron chi connectivity index (χ1n) is 4.09. The van der Waals surface area contributed by atoms with Crippen molar-refractivity contribution in [3.05, 3.63) is 35.0 Å².